The van der Waals surface area contributed by atoms with E-state index in [9.17, 15) is 0 Å². The van der Waals surface area contributed by atoms with Gasteiger partial charge in [-0.3, -0.25) is 0 Å². The molecule has 0 fully saturated rings. The van der Waals surface area contributed by atoms with Crippen LogP contribution in [0.4, 0.5) is 0 Å². The van der Waals surface area contributed by atoms with Crippen molar-refractivity contribution in [3.63, 3.8) is 0 Å². The van der Waals surface area contributed by atoms with Gasteiger partial charge in [0.1, 0.15) is 10.6 Å². The molecule has 0 aliphatic heterocycles. The summed E-state index contributed by atoms with van der Waals surface area (Å²) in [6, 6.07) is 3.82. The molecule has 0 spiro atoms. The summed E-state index contributed by atoms with van der Waals surface area (Å²) in [4.78, 5) is 8.27. The predicted octanol–water partition coefficient (Wildman–Crippen LogP) is 4.13. The first-order chi connectivity index (χ1) is 9.35. The first-order valence-electron chi connectivity index (χ1n) is 5.99. The predicted molar refractivity (Wildman–Crippen MR) is 75.7 cm³/mol. The van der Waals surface area contributed by atoms with E-state index in [-0.39, 0.29) is 6.04 Å². The molecule has 2 heterocycles. The van der Waals surface area contributed by atoms with Crippen LogP contribution < -0.4 is 0 Å². The number of allylic oxidation sites excluding steroid dienone is 1. The highest BCUT2D eigenvalue weighted by Gasteiger charge is 2.28. The summed E-state index contributed by atoms with van der Waals surface area (Å²) in [5, 5.41) is 7.04. The van der Waals surface area contributed by atoms with Crippen molar-refractivity contribution in [1.82, 2.24) is 4.98 Å². The van der Waals surface area contributed by atoms with Crippen molar-refractivity contribution in [2.75, 3.05) is 7.11 Å². The van der Waals surface area contributed by atoms with E-state index in [1.165, 1.54) is 0 Å². The maximum atomic E-state index is 8.60. The van der Waals surface area contributed by atoms with Crippen molar-refractivity contribution < 1.29 is 4.74 Å². The number of rotatable bonds is 3. The van der Waals surface area contributed by atoms with Gasteiger partial charge in [0.05, 0.1) is 13.2 Å². The molecular weight excluding hydrogens is 260 g/mol. The summed E-state index contributed by atoms with van der Waals surface area (Å²) in [6.07, 6.45) is 3.47. The number of nitrogens with zero attached hydrogens (tertiary/aromatic N) is 4. The molecular formula is C13H12N4OS. The maximum absolute atomic E-state index is 8.60. The zero-order valence-electron chi connectivity index (χ0n) is 10.4. The Balaban J connectivity index is 2.15. The van der Waals surface area contributed by atoms with E-state index in [0.29, 0.717) is 0 Å². The lowest BCUT2D eigenvalue weighted by molar-refractivity contribution is 0.272. The van der Waals surface area contributed by atoms with E-state index in [1.54, 1.807) is 24.6 Å². The van der Waals surface area contributed by atoms with Gasteiger partial charge in [0, 0.05) is 27.4 Å². The van der Waals surface area contributed by atoms with Crippen molar-refractivity contribution in [3.8, 4) is 0 Å². The number of hydrogen-bond acceptors (Lipinski definition) is 4. The number of fused-ring (bicyclic) bond motifs is 1. The molecule has 2 aromatic rings. The smallest absolute Gasteiger partial charge is 0.123 e. The van der Waals surface area contributed by atoms with Crippen LogP contribution in [0.5, 0.6) is 0 Å². The van der Waals surface area contributed by atoms with E-state index < -0.39 is 0 Å². The molecule has 0 N–H and O–H groups in total. The lowest BCUT2D eigenvalue weighted by Crippen LogP contribution is -2.03. The van der Waals surface area contributed by atoms with Gasteiger partial charge in [-0.15, -0.1) is 11.3 Å². The third-order valence-corrected chi connectivity index (χ3v) is 4.26. The first-order valence-corrected chi connectivity index (χ1v) is 6.87. The Hall–Kier alpha value is -2.04. The molecule has 0 amide bonds. The zero-order valence-corrected chi connectivity index (χ0v) is 11.2. The van der Waals surface area contributed by atoms with Crippen LogP contribution >= 0.6 is 11.3 Å². The maximum Gasteiger partial charge on any atom is 0.123 e. The Kier molecular flexibility index (Phi) is 3.11. The van der Waals surface area contributed by atoms with Crippen LogP contribution in [-0.2, 0) is 4.74 Å². The van der Waals surface area contributed by atoms with E-state index >= 15 is 0 Å². The standard InChI is InChI=1S/C13H12N4OS/c1-18-12-8(4-5-11(12)16-17-14)10-7-19-13-9(10)3-2-6-15-13/h2-3,6-7,11H,4-5H2,1H3. The van der Waals surface area contributed by atoms with Crippen molar-refractivity contribution in [2.45, 2.75) is 18.9 Å². The fourth-order valence-corrected chi connectivity index (χ4v) is 3.46. The van der Waals surface area contributed by atoms with Crippen LogP contribution in [0.3, 0.4) is 0 Å². The minimum Gasteiger partial charge on any atom is -0.500 e. The monoisotopic (exact) mass is 272 g/mol. The van der Waals surface area contributed by atoms with Gasteiger partial charge in [0.2, 0.25) is 0 Å². The second-order valence-corrected chi connectivity index (χ2v) is 5.17. The fraction of sp³-hybridized carbons (Fsp3) is 0.308. The Bertz CT molecular complexity index is 699. The summed E-state index contributed by atoms with van der Waals surface area (Å²) in [5.74, 6) is 0.793. The lowest BCUT2D eigenvalue weighted by Gasteiger charge is -2.09. The molecule has 6 heteroatoms. The van der Waals surface area contributed by atoms with Crippen molar-refractivity contribution in [3.05, 3.63) is 45.5 Å². The van der Waals surface area contributed by atoms with Crippen molar-refractivity contribution >= 4 is 27.1 Å². The summed E-state index contributed by atoms with van der Waals surface area (Å²) in [6.45, 7) is 0. The summed E-state index contributed by atoms with van der Waals surface area (Å²) in [5.41, 5.74) is 10.9. The quantitative estimate of drug-likeness (QED) is 0.479. The summed E-state index contributed by atoms with van der Waals surface area (Å²) >= 11 is 1.62. The van der Waals surface area contributed by atoms with Gasteiger partial charge >= 0.3 is 0 Å². The van der Waals surface area contributed by atoms with Gasteiger partial charge in [-0.1, -0.05) is 5.11 Å². The molecule has 0 radical (unpaired) electrons. The van der Waals surface area contributed by atoms with E-state index in [1.807, 2.05) is 6.07 Å². The van der Waals surface area contributed by atoms with Crippen molar-refractivity contribution in [2.24, 2.45) is 5.11 Å². The molecule has 0 bridgehead atoms. The van der Waals surface area contributed by atoms with Crippen LogP contribution in [0.25, 0.3) is 26.2 Å². The molecule has 0 saturated heterocycles. The third kappa shape index (κ3) is 1.95. The summed E-state index contributed by atoms with van der Waals surface area (Å²) < 4.78 is 5.46. The number of azide groups is 1. The minimum absolute atomic E-state index is 0.184. The molecule has 0 saturated carbocycles. The van der Waals surface area contributed by atoms with Crippen LogP contribution in [0.2, 0.25) is 0 Å². The number of thiophene rings is 1. The van der Waals surface area contributed by atoms with Gasteiger partial charge < -0.3 is 4.74 Å². The van der Waals surface area contributed by atoms with Gasteiger partial charge in [0.25, 0.3) is 0 Å². The van der Waals surface area contributed by atoms with Gasteiger partial charge in [-0.2, -0.15) is 0 Å². The minimum atomic E-state index is -0.184. The first kappa shape index (κ1) is 12.0. The average molecular weight is 272 g/mol. The number of ether oxygens (including phenoxy) is 1. The normalized spacial score (nSPS) is 18.7. The third-order valence-electron chi connectivity index (χ3n) is 3.35. The fourth-order valence-electron chi connectivity index (χ4n) is 2.54. The Morgan fingerprint density at radius 2 is 2.47 bits per heavy atom. The van der Waals surface area contributed by atoms with Crippen LogP contribution in [0.1, 0.15) is 18.4 Å². The second-order valence-electron chi connectivity index (χ2n) is 4.31. The van der Waals surface area contributed by atoms with Crippen LogP contribution in [-0.4, -0.2) is 18.1 Å². The number of aromatic nitrogens is 1. The van der Waals surface area contributed by atoms with Gasteiger partial charge in [0.15, 0.2) is 0 Å². The van der Waals surface area contributed by atoms with Crippen molar-refractivity contribution in [1.29, 1.82) is 0 Å². The molecule has 1 unspecified atom stereocenters. The van der Waals surface area contributed by atoms with Crippen LogP contribution in [0.15, 0.2) is 34.6 Å². The molecule has 96 valence electrons. The molecule has 1 aliphatic rings. The molecule has 3 rings (SSSR count). The molecule has 1 atom stereocenters. The van der Waals surface area contributed by atoms with Crippen LogP contribution in [0, 0.1) is 0 Å². The Morgan fingerprint density at radius 1 is 1.58 bits per heavy atom. The largest absolute Gasteiger partial charge is 0.500 e. The zero-order chi connectivity index (χ0) is 13.2. The number of pyridine rings is 1. The highest BCUT2D eigenvalue weighted by atomic mass is 32.1. The van der Waals surface area contributed by atoms with E-state index in [4.69, 9.17) is 10.3 Å². The topological polar surface area (TPSA) is 70.9 Å². The highest BCUT2D eigenvalue weighted by molar-refractivity contribution is 7.17. The Labute approximate surface area is 114 Å². The Morgan fingerprint density at radius 3 is 3.26 bits per heavy atom. The highest BCUT2D eigenvalue weighted by Crippen LogP contribution is 2.40. The molecule has 0 aromatic carbocycles. The second kappa shape index (κ2) is 4.91. The lowest BCUT2D eigenvalue weighted by atomic mass is 10.1. The van der Waals surface area contributed by atoms with Gasteiger partial charge in [-0.05, 0) is 36.1 Å². The summed E-state index contributed by atoms with van der Waals surface area (Å²) in [7, 11) is 1.63. The van der Waals surface area contributed by atoms with E-state index in [0.717, 1.165) is 40.0 Å². The number of methoxy groups -OCH3 is 1. The van der Waals surface area contributed by atoms with Gasteiger partial charge in [-0.25, -0.2) is 4.98 Å². The average Bonchev–Trinajstić information content (AvgIpc) is 3.02. The molecule has 19 heavy (non-hydrogen) atoms. The SMILES string of the molecule is COC1=C(c2csc3ncccc23)CCC1N=[N+]=[N-]. The van der Waals surface area contributed by atoms with E-state index in [2.05, 4.69) is 26.5 Å². The molecule has 5 nitrogen and oxygen atoms in total. The molecule has 2 aromatic heterocycles. The number of hydrogen-bond donors (Lipinski definition) is 0. The molecule has 1 aliphatic carbocycles.